The second kappa shape index (κ2) is 5.18. The lowest BCUT2D eigenvalue weighted by Gasteiger charge is -2.19. The van der Waals surface area contributed by atoms with Gasteiger partial charge in [0, 0.05) is 34.7 Å². The largest absolute Gasteiger partial charge is 0.355 e. The Balaban J connectivity index is 1.93. The smallest absolute Gasteiger partial charge is 0.228 e. The number of nitrogens with zero attached hydrogens (tertiary/aromatic N) is 1. The minimum Gasteiger partial charge on any atom is -0.355 e. The van der Waals surface area contributed by atoms with Gasteiger partial charge in [-0.3, -0.25) is 9.59 Å². The molecule has 92 valence electrons. The zero-order valence-electron chi connectivity index (χ0n) is 9.40. The molecule has 1 atom stereocenters. The van der Waals surface area contributed by atoms with Crippen LogP contribution < -0.4 is 5.32 Å². The fourth-order valence-corrected chi connectivity index (χ4v) is 3.34. The van der Waals surface area contributed by atoms with Crippen LogP contribution in [0.3, 0.4) is 0 Å². The van der Waals surface area contributed by atoms with E-state index in [9.17, 15) is 9.59 Å². The summed E-state index contributed by atoms with van der Waals surface area (Å²) in [5, 5.41) is 4.68. The second-order valence-electron chi connectivity index (χ2n) is 4.13. The molecule has 1 N–H and O–H groups in total. The van der Waals surface area contributed by atoms with Gasteiger partial charge < -0.3 is 10.2 Å². The normalized spacial score (nSPS) is 19.2. The Morgan fingerprint density at radius 3 is 3.00 bits per heavy atom. The zero-order valence-corrected chi connectivity index (χ0v) is 11.8. The number of carbonyl (C=O) groups is 2. The summed E-state index contributed by atoms with van der Waals surface area (Å²) in [6.07, 6.45) is 0.317. The van der Waals surface area contributed by atoms with Crippen molar-refractivity contribution in [1.82, 2.24) is 10.2 Å². The third-order valence-electron chi connectivity index (χ3n) is 2.72. The number of halogens is 1. The van der Waals surface area contributed by atoms with Crippen molar-refractivity contribution in [2.75, 3.05) is 13.6 Å². The average Bonchev–Trinajstić information content (AvgIpc) is 2.87. The van der Waals surface area contributed by atoms with Gasteiger partial charge in [0.1, 0.15) is 0 Å². The van der Waals surface area contributed by atoms with Crippen molar-refractivity contribution in [3.63, 3.8) is 0 Å². The van der Waals surface area contributed by atoms with Crippen LogP contribution in [-0.2, 0) is 16.1 Å². The fraction of sp³-hybridized carbons (Fsp3) is 0.455. The van der Waals surface area contributed by atoms with Crippen molar-refractivity contribution in [2.45, 2.75) is 13.0 Å². The molecule has 0 saturated carbocycles. The molecular weight excluding hydrogens is 304 g/mol. The lowest BCUT2D eigenvalue weighted by molar-refractivity contribution is -0.135. The highest BCUT2D eigenvalue weighted by atomic mass is 79.9. The molecule has 4 nitrogen and oxygen atoms in total. The minimum absolute atomic E-state index is 0.0318. The Hall–Kier alpha value is -0.880. The number of hydrogen-bond acceptors (Lipinski definition) is 3. The maximum atomic E-state index is 12.0. The van der Waals surface area contributed by atoms with E-state index in [4.69, 9.17) is 0 Å². The van der Waals surface area contributed by atoms with Crippen LogP contribution in [0.4, 0.5) is 0 Å². The third kappa shape index (κ3) is 3.07. The second-order valence-corrected chi connectivity index (χ2v) is 6.04. The highest BCUT2D eigenvalue weighted by Crippen LogP contribution is 2.22. The zero-order chi connectivity index (χ0) is 12.4. The molecule has 2 amide bonds. The molecule has 1 aliphatic heterocycles. The van der Waals surface area contributed by atoms with Crippen LogP contribution in [-0.4, -0.2) is 30.3 Å². The van der Waals surface area contributed by atoms with Crippen molar-refractivity contribution in [3.8, 4) is 0 Å². The molecule has 1 aliphatic rings. The van der Waals surface area contributed by atoms with Gasteiger partial charge in [0.2, 0.25) is 11.8 Å². The Bertz CT molecular complexity index is 446. The molecule has 0 aromatic carbocycles. The summed E-state index contributed by atoms with van der Waals surface area (Å²) in [4.78, 5) is 25.9. The SMILES string of the molecule is CN(Cc1cc(Br)cs1)C(=O)C1CNC(=O)C1. The Morgan fingerprint density at radius 2 is 2.47 bits per heavy atom. The number of rotatable bonds is 3. The molecule has 1 fully saturated rings. The molecule has 1 aromatic rings. The molecule has 17 heavy (non-hydrogen) atoms. The number of thiophene rings is 1. The van der Waals surface area contributed by atoms with Crippen molar-refractivity contribution in [1.29, 1.82) is 0 Å². The van der Waals surface area contributed by atoms with Crippen molar-refractivity contribution in [3.05, 3.63) is 20.8 Å². The van der Waals surface area contributed by atoms with E-state index in [-0.39, 0.29) is 17.7 Å². The topological polar surface area (TPSA) is 49.4 Å². The van der Waals surface area contributed by atoms with Crippen LogP contribution in [0.25, 0.3) is 0 Å². The molecule has 1 aromatic heterocycles. The van der Waals surface area contributed by atoms with Crippen LogP contribution >= 0.6 is 27.3 Å². The minimum atomic E-state index is -0.198. The van der Waals surface area contributed by atoms with E-state index in [1.165, 1.54) is 0 Å². The first-order chi connectivity index (χ1) is 8.06. The Labute approximate surface area is 112 Å². The lowest BCUT2D eigenvalue weighted by atomic mass is 10.1. The van der Waals surface area contributed by atoms with Gasteiger partial charge in [0.15, 0.2) is 0 Å². The van der Waals surface area contributed by atoms with Gasteiger partial charge in [-0.05, 0) is 22.0 Å². The van der Waals surface area contributed by atoms with Crippen LogP contribution in [0.1, 0.15) is 11.3 Å². The summed E-state index contributed by atoms with van der Waals surface area (Å²) in [6.45, 7) is 1.07. The quantitative estimate of drug-likeness (QED) is 0.921. The van der Waals surface area contributed by atoms with Gasteiger partial charge in [0.25, 0.3) is 0 Å². The van der Waals surface area contributed by atoms with Crippen molar-refractivity contribution < 1.29 is 9.59 Å². The highest BCUT2D eigenvalue weighted by molar-refractivity contribution is 9.10. The van der Waals surface area contributed by atoms with Gasteiger partial charge in [0.05, 0.1) is 12.5 Å². The first kappa shape index (κ1) is 12.6. The van der Waals surface area contributed by atoms with Gasteiger partial charge in [-0.15, -0.1) is 11.3 Å². The number of nitrogens with one attached hydrogen (secondary N) is 1. The molecule has 2 heterocycles. The van der Waals surface area contributed by atoms with Crippen molar-refractivity contribution in [2.24, 2.45) is 5.92 Å². The monoisotopic (exact) mass is 316 g/mol. The highest BCUT2D eigenvalue weighted by Gasteiger charge is 2.30. The molecular formula is C11H13BrN2O2S. The predicted molar refractivity (Wildman–Crippen MR) is 69.6 cm³/mol. The van der Waals surface area contributed by atoms with Gasteiger partial charge in [-0.2, -0.15) is 0 Å². The van der Waals surface area contributed by atoms with E-state index in [0.29, 0.717) is 19.5 Å². The number of amides is 2. The summed E-state index contributed by atoms with van der Waals surface area (Å²) in [7, 11) is 1.78. The Morgan fingerprint density at radius 1 is 1.71 bits per heavy atom. The van der Waals surface area contributed by atoms with Crippen LogP contribution in [0.15, 0.2) is 15.9 Å². The predicted octanol–water partition coefficient (Wildman–Crippen LogP) is 1.61. The van der Waals surface area contributed by atoms with E-state index in [1.54, 1.807) is 23.3 Å². The lowest BCUT2D eigenvalue weighted by Crippen LogP contribution is -2.33. The van der Waals surface area contributed by atoms with Crippen LogP contribution in [0, 0.1) is 5.92 Å². The van der Waals surface area contributed by atoms with Gasteiger partial charge in [-0.1, -0.05) is 0 Å². The van der Waals surface area contributed by atoms with Gasteiger partial charge >= 0.3 is 0 Å². The summed E-state index contributed by atoms with van der Waals surface area (Å²) in [5.41, 5.74) is 0. The van der Waals surface area contributed by atoms with E-state index < -0.39 is 0 Å². The van der Waals surface area contributed by atoms with E-state index >= 15 is 0 Å². The Kier molecular flexibility index (Phi) is 3.83. The molecule has 0 aliphatic carbocycles. The third-order valence-corrected chi connectivity index (χ3v) is 4.40. The summed E-state index contributed by atoms with van der Waals surface area (Å²) < 4.78 is 1.04. The van der Waals surface area contributed by atoms with Crippen LogP contribution in [0.2, 0.25) is 0 Å². The van der Waals surface area contributed by atoms with E-state index in [1.807, 2.05) is 11.4 Å². The van der Waals surface area contributed by atoms with Gasteiger partial charge in [-0.25, -0.2) is 0 Å². The van der Waals surface area contributed by atoms with Crippen LogP contribution in [0.5, 0.6) is 0 Å². The number of carbonyl (C=O) groups excluding carboxylic acids is 2. The molecule has 6 heteroatoms. The molecule has 1 saturated heterocycles. The average molecular weight is 317 g/mol. The summed E-state index contributed by atoms with van der Waals surface area (Å²) >= 11 is 5.00. The number of hydrogen-bond donors (Lipinski definition) is 1. The van der Waals surface area contributed by atoms with E-state index in [2.05, 4.69) is 21.2 Å². The molecule has 0 spiro atoms. The maximum Gasteiger partial charge on any atom is 0.228 e. The molecule has 2 rings (SSSR count). The standard InChI is InChI=1S/C11H13BrN2O2S/c1-14(5-9-3-8(12)6-17-9)11(16)7-2-10(15)13-4-7/h3,6-7H,2,4-5H2,1H3,(H,13,15). The molecule has 1 unspecified atom stereocenters. The fourth-order valence-electron chi connectivity index (χ4n) is 1.84. The van der Waals surface area contributed by atoms with E-state index in [0.717, 1.165) is 9.35 Å². The molecule has 0 bridgehead atoms. The molecule has 0 radical (unpaired) electrons. The first-order valence-electron chi connectivity index (χ1n) is 5.31. The summed E-state index contributed by atoms with van der Waals surface area (Å²) in [6, 6.07) is 2.01. The van der Waals surface area contributed by atoms with Crippen molar-refractivity contribution >= 4 is 39.1 Å². The maximum absolute atomic E-state index is 12.0. The summed E-state index contributed by atoms with van der Waals surface area (Å²) in [5.74, 6) is -0.195. The first-order valence-corrected chi connectivity index (χ1v) is 6.98.